The highest BCUT2D eigenvalue weighted by atomic mass is 19.4. The maximum atomic E-state index is 12.0. The number of carbonyl (C=O) groups excluding carboxylic acids is 2. The third-order valence-corrected chi connectivity index (χ3v) is 3.05. The molecule has 0 spiro atoms. The highest BCUT2D eigenvalue weighted by Crippen LogP contribution is 2.24. The fourth-order valence-corrected chi connectivity index (χ4v) is 1.96. The fourth-order valence-electron chi connectivity index (χ4n) is 1.96. The lowest BCUT2D eigenvalue weighted by molar-refractivity contribution is -0.274. The monoisotopic (exact) mass is 337 g/mol. The number of ketones is 1. The summed E-state index contributed by atoms with van der Waals surface area (Å²) in [5.41, 5.74) is 0.848. The zero-order valence-electron chi connectivity index (χ0n) is 12.5. The van der Waals surface area contributed by atoms with Crippen LogP contribution in [-0.4, -0.2) is 18.1 Å². The van der Waals surface area contributed by atoms with Gasteiger partial charge in [0.05, 0.1) is 0 Å². The van der Waals surface area contributed by atoms with Crippen LogP contribution in [0.2, 0.25) is 0 Å². The quantitative estimate of drug-likeness (QED) is 0.804. The number of carbonyl (C=O) groups is 2. The summed E-state index contributed by atoms with van der Waals surface area (Å²) in [6, 6.07) is 13.4. The van der Waals surface area contributed by atoms with Crippen LogP contribution < -0.4 is 10.1 Å². The van der Waals surface area contributed by atoms with Crippen molar-refractivity contribution in [2.75, 3.05) is 5.32 Å². The van der Waals surface area contributed by atoms with Gasteiger partial charge in [0.1, 0.15) is 5.75 Å². The van der Waals surface area contributed by atoms with E-state index < -0.39 is 12.3 Å². The highest BCUT2D eigenvalue weighted by molar-refractivity contribution is 5.99. The van der Waals surface area contributed by atoms with Crippen LogP contribution >= 0.6 is 0 Å². The number of hydrogen-bond acceptors (Lipinski definition) is 3. The Balaban J connectivity index is 1.83. The van der Waals surface area contributed by atoms with Crippen molar-refractivity contribution in [3.05, 3.63) is 60.2 Å². The van der Waals surface area contributed by atoms with E-state index in [-0.39, 0.29) is 24.4 Å². The number of nitrogens with one attached hydrogen (secondary N) is 1. The number of alkyl halides is 3. The Bertz CT molecular complexity index is 697. The van der Waals surface area contributed by atoms with E-state index in [0.717, 1.165) is 12.1 Å². The molecule has 0 radical (unpaired) electrons. The fraction of sp³-hybridized carbons (Fsp3) is 0.176. The van der Waals surface area contributed by atoms with Crippen molar-refractivity contribution in [2.24, 2.45) is 0 Å². The molecule has 7 heteroatoms. The third kappa shape index (κ3) is 5.75. The first-order valence-electron chi connectivity index (χ1n) is 7.07. The van der Waals surface area contributed by atoms with Crippen LogP contribution in [0.1, 0.15) is 23.2 Å². The molecule has 0 atom stereocenters. The van der Waals surface area contributed by atoms with Crippen molar-refractivity contribution in [2.45, 2.75) is 19.2 Å². The molecule has 2 aromatic rings. The van der Waals surface area contributed by atoms with Gasteiger partial charge in [-0.25, -0.2) is 0 Å². The van der Waals surface area contributed by atoms with Gasteiger partial charge in [-0.3, -0.25) is 9.59 Å². The SMILES string of the molecule is O=C(CCC(=O)c1ccccc1)Nc1ccc(OC(F)(F)F)cc1. The molecule has 0 aliphatic heterocycles. The van der Waals surface area contributed by atoms with Gasteiger partial charge in [0.15, 0.2) is 5.78 Å². The van der Waals surface area contributed by atoms with Crippen molar-refractivity contribution >= 4 is 17.4 Å². The number of ether oxygens (including phenoxy) is 1. The molecule has 0 aliphatic carbocycles. The zero-order valence-corrected chi connectivity index (χ0v) is 12.5. The van der Waals surface area contributed by atoms with E-state index in [2.05, 4.69) is 10.1 Å². The molecule has 2 aromatic carbocycles. The molecule has 4 nitrogen and oxygen atoms in total. The van der Waals surface area contributed by atoms with Crippen molar-refractivity contribution in [3.8, 4) is 5.75 Å². The van der Waals surface area contributed by atoms with E-state index in [1.807, 2.05) is 0 Å². The molecular weight excluding hydrogens is 323 g/mol. The van der Waals surface area contributed by atoms with Crippen LogP contribution in [0, 0.1) is 0 Å². The zero-order chi connectivity index (χ0) is 17.6. The molecular formula is C17H14F3NO3. The smallest absolute Gasteiger partial charge is 0.406 e. The van der Waals surface area contributed by atoms with E-state index in [1.54, 1.807) is 30.3 Å². The maximum Gasteiger partial charge on any atom is 0.573 e. The summed E-state index contributed by atoms with van der Waals surface area (Å²) in [5.74, 6) is -0.928. The molecule has 0 saturated carbocycles. The molecule has 126 valence electrons. The average molecular weight is 337 g/mol. The predicted octanol–water partition coefficient (Wildman–Crippen LogP) is 4.19. The predicted molar refractivity (Wildman–Crippen MR) is 81.8 cm³/mol. The second kappa shape index (κ2) is 7.63. The number of halogens is 3. The number of benzene rings is 2. The summed E-state index contributed by atoms with van der Waals surface area (Å²) in [6.07, 6.45) is -4.73. The van der Waals surface area contributed by atoms with E-state index in [0.29, 0.717) is 11.3 Å². The number of amides is 1. The summed E-state index contributed by atoms with van der Waals surface area (Å²) < 4.78 is 39.9. The highest BCUT2D eigenvalue weighted by Gasteiger charge is 2.30. The van der Waals surface area contributed by atoms with E-state index in [4.69, 9.17) is 0 Å². The molecule has 1 amide bonds. The van der Waals surface area contributed by atoms with Crippen LogP contribution in [0.15, 0.2) is 54.6 Å². The molecule has 2 rings (SSSR count). The van der Waals surface area contributed by atoms with Gasteiger partial charge in [-0.05, 0) is 24.3 Å². The largest absolute Gasteiger partial charge is 0.573 e. The van der Waals surface area contributed by atoms with Crippen molar-refractivity contribution in [1.82, 2.24) is 0 Å². The Morgan fingerprint density at radius 2 is 1.54 bits per heavy atom. The topological polar surface area (TPSA) is 55.4 Å². The molecule has 0 heterocycles. The normalized spacial score (nSPS) is 11.0. The van der Waals surface area contributed by atoms with Gasteiger partial charge in [0.25, 0.3) is 0 Å². The van der Waals surface area contributed by atoms with Crippen molar-refractivity contribution in [1.29, 1.82) is 0 Å². The van der Waals surface area contributed by atoms with Crippen LogP contribution in [0.3, 0.4) is 0 Å². The van der Waals surface area contributed by atoms with Gasteiger partial charge in [0.2, 0.25) is 5.91 Å². The second-order valence-corrected chi connectivity index (χ2v) is 4.91. The standard InChI is InChI=1S/C17H14F3NO3/c18-17(19,20)24-14-8-6-13(7-9-14)21-16(23)11-10-15(22)12-4-2-1-3-5-12/h1-9H,10-11H2,(H,21,23). The van der Waals surface area contributed by atoms with Crippen LogP contribution in [0.25, 0.3) is 0 Å². The van der Waals surface area contributed by atoms with Crippen LogP contribution in [0.4, 0.5) is 18.9 Å². The lowest BCUT2D eigenvalue weighted by Crippen LogP contribution is -2.17. The Labute approximate surface area is 136 Å². The molecule has 0 aromatic heterocycles. The molecule has 0 bridgehead atoms. The Hall–Kier alpha value is -2.83. The first-order valence-corrected chi connectivity index (χ1v) is 7.07. The van der Waals surface area contributed by atoms with E-state index in [9.17, 15) is 22.8 Å². The first kappa shape index (κ1) is 17.5. The van der Waals surface area contributed by atoms with Crippen LogP contribution in [-0.2, 0) is 4.79 Å². The van der Waals surface area contributed by atoms with Gasteiger partial charge in [0, 0.05) is 24.1 Å². The average Bonchev–Trinajstić information content (AvgIpc) is 2.54. The molecule has 0 unspecified atom stereocenters. The molecule has 0 fully saturated rings. The Morgan fingerprint density at radius 1 is 0.917 bits per heavy atom. The minimum absolute atomic E-state index is 0.0193. The van der Waals surface area contributed by atoms with Gasteiger partial charge in [-0.1, -0.05) is 30.3 Å². The summed E-state index contributed by atoms with van der Waals surface area (Å²) in [4.78, 5) is 23.7. The van der Waals surface area contributed by atoms with Crippen molar-refractivity contribution < 1.29 is 27.5 Å². The van der Waals surface area contributed by atoms with Gasteiger partial charge in [-0.15, -0.1) is 13.2 Å². The molecule has 24 heavy (non-hydrogen) atoms. The first-order chi connectivity index (χ1) is 11.3. The lowest BCUT2D eigenvalue weighted by Gasteiger charge is -2.10. The number of hydrogen-bond donors (Lipinski definition) is 1. The van der Waals surface area contributed by atoms with Crippen LogP contribution in [0.5, 0.6) is 5.75 Å². The van der Waals surface area contributed by atoms with E-state index in [1.165, 1.54) is 12.1 Å². The summed E-state index contributed by atoms with van der Waals surface area (Å²) in [7, 11) is 0. The molecule has 0 saturated heterocycles. The minimum Gasteiger partial charge on any atom is -0.406 e. The minimum atomic E-state index is -4.76. The summed E-state index contributed by atoms with van der Waals surface area (Å²) in [6.45, 7) is 0. The molecule has 1 N–H and O–H groups in total. The summed E-state index contributed by atoms with van der Waals surface area (Å²) in [5, 5.41) is 2.51. The second-order valence-electron chi connectivity index (χ2n) is 4.91. The third-order valence-electron chi connectivity index (χ3n) is 3.05. The van der Waals surface area contributed by atoms with Gasteiger partial charge in [-0.2, -0.15) is 0 Å². The van der Waals surface area contributed by atoms with Gasteiger partial charge >= 0.3 is 6.36 Å². The Kier molecular flexibility index (Phi) is 5.57. The lowest BCUT2D eigenvalue weighted by atomic mass is 10.1. The summed E-state index contributed by atoms with van der Waals surface area (Å²) >= 11 is 0. The maximum absolute atomic E-state index is 12.0. The van der Waals surface area contributed by atoms with Crippen molar-refractivity contribution in [3.63, 3.8) is 0 Å². The number of anilines is 1. The number of Topliss-reactive ketones (excluding diaryl/α,β-unsaturated/α-hetero) is 1. The number of rotatable bonds is 6. The molecule has 0 aliphatic rings. The Morgan fingerprint density at radius 3 is 2.12 bits per heavy atom. The van der Waals surface area contributed by atoms with E-state index >= 15 is 0 Å². The van der Waals surface area contributed by atoms with Gasteiger partial charge < -0.3 is 10.1 Å².